The third-order valence-electron chi connectivity index (χ3n) is 4.38. The van der Waals surface area contributed by atoms with Crippen molar-refractivity contribution in [3.05, 3.63) is 36.0 Å². The first-order valence-electron chi connectivity index (χ1n) is 7.67. The Hall–Kier alpha value is -1.39. The summed E-state index contributed by atoms with van der Waals surface area (Å²) in [5, 5.41) is 0. The van der Waals surface area contributed by atoms with Crippen molar-refractivity contribution < 1.29 is 19.0 Å². The largest absolute Gasteiger partial charge is 0.467 e. The molecular weight excluding hydrogens is 268 g/mol. The number of esters is 1. The molecule has 4 heteroatoms. The molecule has 21 heavy (non-hydrogen) atoms. The Balaban J connectivity index is 1.74. The average Bonchev–Trinajstić information content (AvgIpc) is 2.99. The van der Waals surface area contributed by atoms with Crippen LogP contribution in [0.1, 0.15) is 38.5 Å². The molecule has 3 aliphatic rings. The van der Waals surface area contributed by atoms with Crippen LogP contribution in [0.15, 0.2) is 36.0 Å². The van der Waals surface area contributed by atoms with E-state index in [1.54, 1.807) is 0 Å². The minimum absolute atomic E-state index is 0.248. The first kappa shape index (κ1) is 14.5. The maximum Gasteiger partial charge on any atom is 0.337 e. The van der Waals surface area contributed by atoms with Crippen molar-refractivity contribution in [2.75, 3.05) is 7.11 Å². The Bertz CT molecular complexity index is 483. The quantitative estimate of drug-likeness (QED) is 0.749. The van der Waals surface area contributed by atoms with Gasteiger partial charge in [0.15, 0.2) is 11.9 Å². The molecule has 0 N–H and O–H groups in total. The highest BCUT2D eigenvalue weighted by Gasteiger charge is 2.52. The Labute approximate surface area is 125 Å². The number of rotatable bonds is 3. The van der Waals surface area contributed by atoms with E-state index in [2.05, 4.69) is 12.2 Å². The predicted molar refractivity (Wildman–Crippen MR) is 78.6 cm³/mol. The standard InChI is InChI=1S/C17H22O4/c1-19-16(18)15-14(12-13-8-4-2-3-5-9-13)20-17(21-15)10-6-7-11-17/h2-5,8,14-15H,6-7,9-12H2,1H3. The third kappa shape index (κ3) is 3.11. The van der Waals surface area contributed by atoms with Crippen LogP contribution in [0.25, 0.3) is 0 Å². The van der Waals surface area contributed by atoms with E-state index in [0.717, 1.165) is 32.1 Å². The highest BCUT2D eigenvalue weighted by molar-refractivity contribution is 5.75. The maximum atomic E-state index is 12.0. The van der Waals surface area contributed by atoms with Gasteiger partial charge >= 0.3 is 5.97 Å². The van der Waals surface area contributed by atoms with Crippen molar-refractivity contribution >= 4 is 5.97 Å². The van der Waals surface area contributed by atoms with Crippen molar-refractivity contribution in [2.24, 2.45) is 0 Å². The number of allylic oxidation sites excluding steroid dienone is 5. The van der Waals surface area contributed by atoms with Gasteiger partial charge in [-0.3, -0.25) is 0 Å². The lowest BCUT2D eigenvalue weighted by molar-refractivity contribution is -0.180. The zero-order valence-corrected chi connectivity index (χ0v) is 12.4. The van der Waals surface area contributed by atoms with E-state index in [4.69, 9.17) is 14.2 Å². The van der Waals surface area contributed by atoms with Crippen LogP contribution in [0.5, 0.6) is 0 Å². The molecule has 4 nitrogen and oxygen atoms in total. The minimum Gasteiger partial charge on any atom is -0.467 e. The number of methoxy groups -OCH3 is 1. The van der Waals surface area contributed by atoms with Crippen LogP contribution < -0.4 is 0 Å². The van der Waals surface area contributed by atoms with Gasteiger partial charge in [0.25, 0.3) is 0 Å². The second kappa shape index (κ2) is 6.16. The Morgan fingerprint density at radius 1 is 1.29 bits per heavy atom. The molecular formula is C17H22O4. The molecule has 0 radical (unpaired) electrons. The van der Waals surface area contributed by atoms with Crippen LogP contribution in [0.2, 0.25) is 0 Å². The molecule has 2 aliphatic carbocycles. The molecule has 2 fully saturated rings. The molecule has 3 rings (SSSR count). The Morgan fingerprint density at radius 3 is 2.86 bits per heavy atom. The summed E-state index contributed by atoms with van der Waals surface area (Å²) < 4.78 is 17.1. The molecule has 1 aliphatic heterocycles. The summed E-state index contributed by atoms with van der Waals surface area (Å²) in [6, 6.07) is 0. The lowest BCUT2D eigenvalue weighted by Gasteiger charge is -2.21. The van der Waals surface area contributed by atoms with E-state index in [1.807, 2.05) is 18.2 Å². The molecule has 1 saturated carbocycles. The summed E-state index contributed by atoms with van der Waals surface area (Å²) in [6.45, 7) is 0. The van der Waals surface area contributed by atoms with Crippen LogP contribution in [-0.4, -0.2) is 31.1 Å². The van der Waals surface area contributed by atoms with Crippen LogP contribution in [0, 0.1) is 0 Å². The monoisotopic (exact) mass is 290 g/mol. The highest BCUT2D eigenvalue weighted by atomic mass is 16.8. The number of hydrogen-bond donors (Lipinski definition) is 0. The van der Waals surface area contributed by atoms with Gasteiger partial charge in [0, 0.05) is 12.8 Å². The summed E-state index contributed by atoms with van der Waals surface area (Å²) in [6.07, 6.45) is 14.9. The molecule has 0 aromatic rings. The molecule has 0 bridgehead atoms. The van der Waals surface area contributed by atoms with Gasteiger partial charge in [-0.05, 0) is 25.7 Å². The third-order valence-corrected chi connectivity index (χ3v) is 4.38. The molecule has 0 aromatic heterocycles. The predicted octanol–water partition coefficient (Wildman–Crippen LogP) is 3.05. The SMILES string of the molecule is COC(=O)C1OC2(CCCC2)OC1CC1=CC=CC=CC1. The van der Waals surface area contributed by atoms with Crippen LogP contribution in [-0.2, 0) is 19.0 Å². The second-order valence-corrected chi connectivity index (χ2v) is 5.88. The van der Waals surface area contributed by atoms with Crippen molar-refractivity contribution in [2.45, 2.75) is 56.5 Å². The van der Waals surface area contributed by atoms with E-state index < -0.39 is 11.9 Å². The second-order valence-electron chi connectivity index (χ2n) is 5.88. The molecule has 114 valence electrons. The fourth-order valence-corrected chi connectivity index (χ4v) is 3.32. The normalized spacial score (nSPS) is 30.4. The molecule has 1 spiro atoms. The van der Waals surface area contributed by atoms with Crippen molar-refractivity contribution in [3.63, 3.8) is 0 Å². The smallest absolute Gasteiger partial charge is 0.337 e. The summed E-state index contributed by atoms with van der Waals surface area (Å²) in [7, 11) is 1.40. The van der Waals surface area contributed by atoms with Crippen molar-refractivity contribution in [1.82, 2.24) is 0 Å². The van der Waals surface area contributed by atoms with Crippen LogP contribution >= 0.6 is 0 Å². The first-order valence-corrected chi connectivity index (χ1v) is 7.67. The van der Waals surface area contributed by atoms with Gasteiger partial charge in [-0.2, -0.15) is 0 Å². The van der Waals surface area contributed by atoms with Gasteiger partial charge in [-0.1, -0.05) is 36.0 Å². The summed E-state index contributed by atoms with van der Waals surface area (Å²) in [5.41, 5.74) is 1.25. The van der Waals surface area contributed by atoms with Gasteiger partial charge in [-0.25, -0.2) is 4.79 Å². The Kier molecular flexibility index (Phi) is 4.27. The number of hydrogen-bond acceptors (Lipinski definition) is 4. The lowest BCUT2D eigenvalue weighted by atomic mass is 10.0. The number of carbonyl (C=O) groups is 1. The van der Waals surface area contributed by atoms with Gasteiger partial charge < -0.3 is 14.2 Å². The molecule has 2 unspecified atom stereocenters. The van der Waals surface area contributed by atoms with E-state index >= 15 is 0 Å². The molecule has 1 heterocycles. The summed E-state index contributed by atoms with van der Waals surface area (Å²) in [4.78, 5) is 12.0. The summed E-state index contributed by atoms with van der Waals surface area (Å²) in [5.74, 6) is -0.885. The molecule has 1 saturated heterocycles. The molecule has 0 amide bonds. The van der Waals surface area contributed by atoms with E-state index in [9.17, 15) is 4.79 Å². The number of ether oxygens (including phenoxy) is 3. The van der Waals surface area contributed by atoms with Crippen molar-refractivity contribution in [3.8, 4) is 0 Å². The lowest BCUT2D eigenvalue weighted by Crippen LogP contribution is -2.33. The fourth-order valence-electron chi connectivity index (χ4n) is 3.32. The minimum atomic E-state index is -0.606. The first-order chi connectivity index (χ1) is 10.2. The summed E-state index contributed by atoms with van der Waals surface area (Å²) >= 11 is 0. The maximum absolute atomic E-state index is 12.0. The average molecular weight is 290 g/mol. The molecule has 0 aromatic carbocycles. The van der Waals surface area contributed by atoms with E-state index in [-0.39, 0.29) is 12.1 Å². The fraction of sp³-hybridized carbons (Fsp3) is 0.588. The van der Waals surface area contributed by atoms with Crippen molar-refractivity contribution in [1.29, 1.82) is 0 Å². The zero-order chi connectivity index (χ0) is 14.7. The van der Waals surface area contributed by atoms with Gasteiger partial charge in [0.05, 0.1) is 7.11 Å². The van der Waals surface area contributed by atoms with Crippen LogP contribution in [0.3, 0.4) is 0 Å². The molecule has 2 atom stereocenters. The van der Waals surface area contributed by atoms with Gasteiger partial charge in [0.1, 0.15) is 6.10 Å². The van der Waals surface area contributed by atoms with Gasteiger partial charge in [-0.15, -0.1) is 0 Å². The highest BCUT2D eigenvalue weighted by Crippen LogP contribution is 2.43. The zero-order valence-electron chi connectivity index (χ0n) is 12.4. The van der Waals surface area contributed by atoms with Gasteiger partial charge in [0.2, 0.25) is 0 Å². The van der Waals surface area contributed by atoms with Crippen LogP contribution in [0.4, 0.5) is 0 Å². The topological polar surface area (TPSA) is 44.8 Å². The van der Waals surface area contributed by atoms with E-state index in [0.29, 0.717) is 6.42 Å². The Morgan fingerprint density at radius 2 is 2.10 bits per heavy atom. The number of carbonyl (C=O) groups excluding carboxylic acids is 1. The van der Waals surface area contributed by atoms with E-state index in [1.165, 1.54) is 12.7 Å².